The van der Waals surface area contributed by atoms with Crippen molar-refractivity contribution in [1.82, 2.24) is 10.2 Å². The molecule has 0 unspecified atom stereocenters. The summed E-state index contributed by atoms with van der Waals surface area (Å²) >= 11 is 0. The van der Waals surface area contributed by atoms with Gasteiger partial charge in [-0.3, -0.25) is 14.5 Å². The van der Waals surface area contributed by atoms with Crippen LogP contribution < -0.4 is 10.6 Å². The quantitative estimate of drug-likeness (QED) is 0.824. The lowest BCUT2D eigenvalue weighted by Gasteiger charge is -2.16. The molecule has 0 spiro atoms. The van der Waals surface area contributed by atoms with E-state index in [9.17, 15) is 27.6 Å². The monoisotopic (exact) mass is 343 g/mol. The second-order valence-corrected chi connectivity index (χ2v) is 5.89. The molecule has 130 valence electrons. The molecule has 2 rings (SSSR count). The summed E-state index contributed by atoms with van der Waals surface area (Å²) in [6, 6.07) is 3.61. The Balaban J connectivity index is 1.95. The second kappa shape index (κ2) is 6.14. The van der Waals surface area contributed by atoms with Crippen LogP contribution in [0.1, 0.15) is 25.8 Å². The molecule has 24 heavy (non-hydrogen) atoms. The summed E-state index contributed by atoms with van der Waals surface area (Å²) < 4.78 is 37.8. The highest BCUT2D eigenvalue weighted by Gasteiger charge is 2.44. The molecule has 0 radical (unpaired) electrons. The van der Waals surface area contributed by atoms with Crippen LogP contribution in [0.3, 0.4) is 0 Å². The lowest BCUT2D eigenvalue weighted by Crippen LogP contribution is -2.40. The maximum atomic E-state index is 12.6. The van der Waals surface area contributed by atoms with Gasteiger partial charge in [-0.25, -0.2) is 4.79 Å². The number of imide groups is 1. The Kier molecular flexibility index (Phi) is 4.54. The second-order valence-electron chi connectivity index (χ2n) is 5.89. The van der Waals surface area contributed by atoms with Crippen LogP contribution in [0.4, 0.5) is 23.7 Å². The van der Waals surface area contributed by atoms with Gasteiger partial charge in [0.15, 0.2) is 0 Å². The molecule has 0 atom stereocenters. The van der Waals surface area contributed by atoms with Crippen molar-refractivity contribution in [2.75, 3.05) is 11.9 Å². The smallest absolute Gasteiger partial charge is 0.326 e. The number of hydrogen-bond donors (Lipinski definition) is 2. The molecule has 1 aromatic carbocycles. The SMILES string of the molecule is CC1(C)NC(=O)N(CCC(=O)Nc2cccc(C(F)(F)F)c2)C1=O. The van der Waals surface area contributed by atoms with Crippen LogP contribution in [0.5, 0.6) is 0 Å². The first-order chi connectivity index (χ1) is 11.0. The lowest BCUT2D eigenvalue weighted by molar-refractivity contribution is -0.137. The zero-order chi connectivity index (χ0) is 18.1. The van der Waals surface area contributed by atoms with Crippen LogP contribution in [-0.4, -0.2) is 34.8 Å². The summed E-state index contributed by atoms with van der Waals surface area (Å²) in [6.45, 7) is 2.92. The number of anilines is 1. The lowest BCUT2D eigenvalue weighted by atomic mass is 10.1. The Labute approximate surface area is 136 Å². The van der Waals surface area contributed by atoms with Crippen molar-refractivity contribution < 1.29 is 27.6 Å². The summed E-state index contributed by atoms with van der Waals surface area (Å²) in [7, 11) is 0. The number of nitrogens with zero attached hydrogens (tertiary/aromatic N) is 1. The van der Waals surface area contributed by atoms with Gasteiger partial charge < -0.3 is 10.6 Å². The van der Waals surface area contributed by atoms with Crippen molar-refractivity contribution in [3.63, 3.8) is 0 Å². The van der Waals surface area contributed by atoms with E-state index in [2.05, 4.69) is 10.6 Å². The molecular weight excluding hydrogens is 327 g/mol. The number of alkyl halides is 3. The van der Waals surface area contributed by atoms with Gasteiger partial charge in [0.05, 0.1) is 5.56 Å². The van der Waals surface area contributed by atoms with Gasteiger partial charge >= 0.3 is 12.2 Å². The molecule has 1 aromatic rings. The maximum absolute atomic E-state index is 12.6. The van der Waals surface area contributed by atoms with E-state index >= 15 is 0 Å². The van der Waals surface area contributed by atoms with Gasteiger partial charge in [0.25, 0.3) is 5.91 Å². The number of carbonyl (C=O) groups is 3. The average Bonchev–Trinajstić information content (AvgIpc) is 2.65. The van der Waals surface area contributed by atoms with E-state index in [4.69, 9.17) is 0 Å². The van der Waals surface area contributed by atoms with Crippen LogP contribution in [0.25, 0.3) is 0 Å². The summed E-state index contributed by atoms with van der Waals surface area (Å²) in [6.07, 6.45) is -4.72. The van der Waals surface area contributed by atoms with E-state index in [1.807, 2.05) is 0 Å². The third-order valence-electron chi connectivity index (χ3n) is 3.48. The zero-order valence-corrected chi connectivity index (χ0v) is 13.0. The minimum Gasteiger partial charge on any atom is -0.326 e. The van der Waals surface area contributed by atoms with E-state index in [1.165, 1.54) is 26.0 Å². The van der Waals surface area contributed by atoms with Crippen molar-refractivity contribution in [3.05, 3.63) is 29.8 Å². The molecule has 1 heterocycles. The van der Waals surface area contributed by atoms with Gasteiger partial charge in [-0.05, 0) is 32.0 Å². The molecular formula is C15H16F3N3O3. The van der Waals surface area contributed by atoms with Gasteiger partial charge in [0.1, 0.15) is 5.54 Å². The van der Waals surface area contributed by atoms with E-state index < -0.39 is 35.1 Å². The number of halogens is 3. The summed E-state index contributed by atoms with van der Waals surface area (Å²) in [5.74, 6) is -1.06. The molecule has 4 amide bonds. The summed E-state index contributed by atoms with van der Waals surface area (Å²) in [5, 5.41) is 4.79. The summed E-state index contributed by atoms with van der Waals surface area (Å²) in [4.78, 5) is 36.4. The van der Waals surface area contributed by atoms with Crippen molar-refractivity contribution >= 4 is 23.5 Å². The van der Waals surface area contributed by atoms with Crippen LogP contribution >= 0.6 is 0 Å². The van der Waals surface area contributed by atoms with Gasteiger partial charge in [-0.1, -0.05) is 6.07 Å². The van der Waals surface area contributed by atoms with Gasteiger partial charge in [0, 0.05) is 18.7 Å². The Bertz CT molecular complexity index is 686. The normalized spacial score (nSPS) is 17.0. The van der Waals surface area contributed by atoms with Gasteiger partial charge in [-0.2, -0.15) is 13.2 Å². The number of hydrogen-bond acceptors (Lipinski definition) is 3. The molecule has 1 fully saturated rings. The minimum atomic E-state index is -4.51. The van der Waals surface area contributed by atoms with E-state index in [0.717, 1.165) is 17.0 Å². The maximum Gasteiger partial charge on any atom is 0.416 e. The highest BCUT2D eigenvalue weighted by atomic mass is 19.4. The molecule has 0 bridgehead atoms. The van der Waals surface area contributed by atoms with Crippen molar-refractivity contribution in [2.45, 2.75) is 32.0 Å². The molecule has 0 saturated carbocycles. The Morgan fingerprint density at radius 1 is 1.29 bits per heavy atom. The standard InChI is InChI=1S/C15H16F3N3O3/c1-14(2)12(23)21(13(24)20-14)7-6-11(22)19-10-5-3-4-9(8-10)15(16,17)18/h3-5,8H,6-7H2,1-2H3,(H,19,22)(H,20,24). The number of nitrogens with one attached hydrogen (secondary N) is 2. The first-order valence-corrected chi connectivity index (χ1v) is 7.12. The average molecular weight is 343 g/mol. The largest absolute Gasteiger partial charge is 0.416 e. The highest BCUT2D eigenvalue weighted by Crippen LogP contribution is 2.30. The van der Waals surface area contributed by atoms with E-state index in [-0.39, 0.29) is 18.7 Å². The molecule has 1 aliphatic heterocycles. The molecule has 6 nitrogen and oxygen atoms in total. The number of benzene rings is 1. The minimum absolute atomic E-state index is 0.00708. The first kappa shape index (κ1) is 17.8. The molecule has 0 aliphatic carbocycles. The Morgan fingerprint density at radius 3 is 2.50 bits per heavy atom. The van der Waals surface area contributed by atoms with Crippen LogP contribution in [0, 0.1) is 0 Å². The summed E-state index contributed by atoms with van der Waals surface area (Å²) in [5.41, 5.74) is -1.92. The van der Waals surface area contributed by atoms with E-state index in [0.29, 0.717) is 0 Å². The molecule has 0 aromatic heterocycles. The third kappa shape index (κ3) is 3.84. The van der Waals surface area contributed by atoms with Crippen molar-refractivity contribution in [1.29, 1.82) is 0 Å². The molecule has 9 heteroatoms. The van der Waals surface area contributed by atoms with Crippen molar-refractivity contribution in [3.8, 4) is 0 Å². The predicted molar refractivity (Wildman–Crippen MR) is 79.0 cm³/mol. The highest BCUT2D eigenvalue weighted by molar-refractivity contribution is 6.06. The van der Waals surface area contributed by atoms with Crippen LogP contribution in [0.2, 0.25) is 0 Å². The fourth-order valence-electron chi connectivity index (χ4n) is 2.23. The Hall–Kier alpha value is -2.58. The van der Waals surface area contributed by atoms with Crippen LogP contribution in [-0.2, 0) is 15.8 Å². The fourth-order valence-corrected chi connectivity index (χ4v) is 2.23. The number of rotatable bonds is 4. The Morgan fingerprint density at radius 2 is 1.96 bits per heavy atom. The predicted octanol–water partition coefficient (Wildman–Crippen LogP) is 2.36. The number of amides is 4. The molecule has 2 N–H and O–H groups in total. The fraction of sp³-hybridized carbons (Fsp3) is 0.400. The third-order valence-corrected chi connectivity index (χ3v) is 3.48. The number of urea groups is 1. The molecule has 1 aliphatic rings. The van der Waals surface area contributed by atoms with Gasteiger partial charge in [-0.15, -0.1) is 0 Å². The first-order valence-electron chi connectivity index (χ1n) is 7.12. The van der Waals surface area contributed by atoms with Crippen molar-refractivity contribution in [2.24, 2.45) is 0 Å². The number of carbonyl (C=O) groups excluding carboxylic acids is 3. The van der Waals surface area contributed by atoms with Crippen LogP contribution in [0.15, 0.2) is 24.3 Å². The van der Waals surface area contributed by atoms with E-state index in [1.54, 1.807) is 0 Å². The van der Waals surface area contributed by atoms with Gasteiger partial charge in [0.2, 0.25) is 5.91 Å². The molecule has 1 saturated heterocycles. The topological polar surface area (TPSA) is 78.5 Å². The zero-order valence-electron chi connectivity index (χ0n) is 13.0.